The van der Waals surface area contributed by atoms with E-state index in [1.165, 1.54) is 27.8 Å². The van der Waals surface area contributed by atoms with Crippen molar-refractivity contribution in [3.8, 4) is 11.1 Å². The molecule has 1 atom stereocenters. The van der Waals surface area contributed by atoms with Gasteiger partial charge in [0.2, 0.25) is 5.75 Å². The fraction of sp³-hybridized carbons (Fsp3) is 0.174. The third kappa shape index (κ3) is 4.06. The first-order chi connectivity index (χ1) is 13.6. The normalized spacial score (nSPS) is 13.3. The van der Waals surface area contributed by atoms with Crippen LogP contribution >= 0.6 is 0 Å². The fourth-order valence-corrected chi connectivity index (χ4v) is 4.43. The van der Waals surface area contributed by atoms with Crippen LogP contribution in [0.5, 0.6) is 0 Å². The van der Waals surface area contributed by atoms with Gasteiger partial charge in [0.25, 0.3) is 0 Å². The zero-order valence-electron chi connectivity index (χ0n) is 15.4. The van der Waals surface area contributed by atoms with E-state index in [0.717, 1.165) is 18.5 Å². The lowest BCUT2D eigenvalue weighted by molar-refractivity contribution is -0.134. The monoisotopic (exact) mass is 391 g/mol. The molecule has 1 aliphatic carbocycles. The molecule has 0 bridgehead atoms. The van der Waals surface area contributed by atoms with Crippen LogP contribution in [0.3, 0.4) is 0 Å². The van der Waals surface area contributed by atoms with Gasteiger partial charge in [-0.1, -0.05) is 36.4 Å². The first-order valence-corrected chi connectivity index (χ1v) is 10.6. The Morgan fingerprint density at radius 3 is 2.43 bits per heavy atom. The summed E-state index contributed by atoms with van der Waals surface area (Å²) in [5, 5.41) is 12.1. The van der Waals surface area contributed by atoms with Gasteiger partial charge < -0.3 is 15.0 Å². The third-order valence-corrected chi connectivity index (χ3v) is 6.32. The minimum atomic E-state index is -1.51. The molecule has 0 saturated carbocycles. The summed E-state index contributed by atoms with van der Waals surface area (Å²) >= 11 is -1.51. The second kappa shape index (κ2) is 8.09. The first-order valence-electron chi connectivity index (χ1n) is 9.24. The van der Waals surface area contributed by atoms with Crippen LogP contribution in [0.15, 0.2) is 71.6 Å². The Balaban J connectivity index is 1.46. The van der Waals surface area contributed by atoms with Crippen LogP contribution in [-0.4, -0.2) is 21.4 Å². The lowest BCUT2D eigenvalue weighted by atomic mass is 9.85. The van der Waals surface area contributed by atoms with E-state index in [9.17, 15) is 9.35 Å². The van der Waals surface area contributed by atoms with Gasteiger partial charge in [-0.3, -0.25) is 0 Å². The van der Waals surface area contributed by atoms with Crippen LogP contribution in [-0.2, 0) is 35.4 Å². The van der Waals surface area contributed by atoms with Crippen LogP contribution in [0, 0.1) is 0 Å². The molecule has 2 N–H and O–H groups in total. The Hall–Kier alpha value is -2.76. The Kier molecular flexibility index (Phi) is 5.37. The number of carboxylic acids is 1. The average molecular weight is 391 g/mol. The molecule has 1 aliphatic rings. The highest BCUT2D eigenvalue weighted by molar-refractivity contribution is 7.92. The number of aliphatic carboxylic acids is 1. The predicted molar refractivity (Wildman–Crippen MR) is 112 cm³/mol. The maximum absolute atomic E-state index is 11.9. The van der Waals surface area contributed by atoms with Crippen LogP contribution in [0.1, 0.15) is 16.7 Å². The average Bonchev–Trinajstić information content (AvgIpc) is 2.72. The van der Waals surface area contributed by atoms with Crippen LogP contribution in [0.4, 0.5) is 5.69 Å². The van der Waals surface area contributed by atoms with E-state index in [2.05, 4.69) is 47.8 Å². The molecule has 0 saturated heterocycles. The van der Waals surface area contributed by atoms with Crippen molar-refractivity contribution in [2.75, 3.05) is 11.1 Å². The van der Waals surface area contributed by atoms with Crippen molar-refractivity contribution in [1.82, 2.24) is 0 Å². The summed E-state index contributed by atoms with van der Waals surface area (Å²) < 4.78 is 11.9. The molecule has 0 fully saturated rings. The summed E-state index contributed by atoms with van der Waals surface area (Å²) in [5.41, 5.74) is 7.57. The number of carboxylic acid groups (broad SMARTS) is 1. The van der Waals surface area contributed by atoms with E-state index in [-0.39, 0.29) is 5.75 Å². The SMILES string of the molecule is O=C(O)C[S+]([O-])c1ccc(NCc2ccc3c(c2)-c2ccccc2CC3)cc1. The van der Waals surface area contributed by atoms with Gasteiger partial charge in [-0.25, -0.2) is 4.79 Å². The molecule has 0 aliphatic heterocycles. The Labute approximate surface area is 167 Å². The number of hydrogen-bond donors (Lipinski definition) is 2. The van der Waals surface area contributed by atoms with Gasteiger partial charge in [-0.2, -0.15) is 0 Å². The van der Waals surface area contributed by atoms with E-state index < -0.39 is 17.1 Å². The lowest BCUT2D eigenvalue weighted by Crippen LogP contribution is -2.15. The standard InChI is InChI=1S/C23H21NO3S/c25-23(26)15-28(27)20-11-9-19(10-12-20)24-14-16-5-6-18-8-7-17-3-1-2-4-21(17)22(18)13-16/h1-6,9-13,24H,7-8,14-15H2,(H,25,26). The molecular weight excluding hydrogens is 370 g/mol. The number of aryl methyl sites for hydroxylation is 2. The molecule has 28 heavy (non-hydrogen) atoms. The molecule has 3 aromatic carbocycles. The quantitative estimate of drug-likeness (QED) is 0.616. The molecule has 0 amide bonds. The molecule has 142 valence electrons. The number of nitrogens with one attached hydrogen (secondary N) is 1. The number of anilines is 1. The first kappa shape index (κ1) is 18.6. The second-order valence-electron chi connectivity index (χ2n) is 6.91. The third-order valence-electron chi connectivity index (χ3n) is 5.01. The summed E-state index contributed by atoms with van der Waals surface area (Å²) in [6.45, 7) is 0.688. The summed E-state index contributed by atoms with van der Waals surface area (Å²) in [6.07, 6.45) is 2.17. The van der Waals surface area contributed by atoms with Gasteiger partial charge in [-0.05, 0) is 82.2 Å². The van der Waals surface area contributed by atoms with Crippen molar-refractivity contribution in [3.05, 3.63) is 83.4 Å². The number of benzene rings is 3. The summed E-state index contributed by atoms with van der Waals surface area (Å²) in [7, 11) is 0. The topological polar surface area (TPSA) is 72.4 Å². The van der Waals surface area contributed by atoms with Gasteiger partial charge in [0.05, 0.1) is 0 Å². The van der Waals surface area contributed by atoms with E-state index in [1.54, 1.807) is 12.1 Å². The minimum absolute atomic E-state index is 0.372. The van der Waals surface area contributed by atoms with Crippen LogP contribution < -0.4 is 5.32 Å². The van der Waals surface area contributed by atoms with Gasteiger partial charge in [-0.15, -0.1) is 0 Å². The van der Waals surface area contributed by atoms with Gasteiger partial charge >= 0.3 is 5.97 Å². The smallest absolute Gasteiger partial charge is 0.354 e. The van der Waals surface area contributed by atoms with Gasteiger partial charge in [0.15, 0.2) is 4.90 Å². The zero-order valence-corrected chi connectivity index (χ0v) is 16.2. The van der Waals surface area contributed by atoms with E-state index >= 15 is 0 Å². The van der Waals surface area contributed by atoms with Crippen molar-refractivity contribution in [1.29, 1.82) is 0 Å². The summed E-state index contributed by atoms with van der Waals surface area (Å²) in [4.78, 5) is 11.2. The van der Waals surface area contributed by atoms with Crippen molar-refractivity contribution in [3.63, 3.8) is 0 Å². The summed E-state index contributed by atoms with van der Waals surface area (Å²) in [5.74, 6) is -1.43. The van der Waals surface area contributed by atoms with E-state index in [1.807, 2.05) is 12.1 Å². The lowest BCUT2D eigenvalue weighted by Gasteiger charge is -2.20. The Bertz CT molecular complexity index is 1000. The van der Waals surface area contributed by atoms with E-state index in [0.29, 0.717) is 11.4 Å². The molecule has 5 heteroatoms. The Morgan fingerprint density at radius 1 is 0.964 bits per heavy atom. The molecule has 0 heterocycles. The molecular formula is C23H21NO3S. The van der Waals surface area contributed by atoms with E-state index in [4.69, 9.17) is 5.11 Å². The Morgan fingerprint density at radius 2 is 1.68 bits per heavy atom. The van der Waals surface area contributed by atoms with Crippen LogP contribution in [0.2, 0.25) is 0 Å². The highest BCUT2D eigenvalue weighted by Crippen LogP contribution is 2.34. The molecule has 4 nitrogen and oxygen atoms in total. The molecule has 1 unspecified atom stereocenters. The zero-order chi connectivity index (χ0) is 19.5. The van der Waals surface area contributed by atoms with Gasteiger partial charge in [0, 0.05) is 12.2 Å². The fourth-order valence-electron chi connectivity index (χ4n) is 3.60. The number of carbonyl (C=O) groups is 1. The van der Waals surface area contributed by atoms with Crippen molar-refractivity contribution < 1.29 is 14.5 Å². The van der Waals surface area contributed by atoms with Crippen molar-refractivity contribution in [2.24, 2.45) is 0 Å². The molecule has 3 aromatic rings. The van der Waals surface area contributed by atoms with Crippen LogP contribution in [0.25, 0.3) is 11.1 Å². The van der Waals surface area contributed by atoms with Crippen molar-refractivity contribution >= 4 is 22.8 Å². The minimum Gasteiger partial charge on any atom is -0.611 e. The largest absolute Gasteiger partial charge is 0.611 e. The predicted octanol–water partition coefficient (Wildman–Crippen LogP) is 4.26. The molecule has 0 aromatic heterocycles. The molecule has 4 rings (SSSR count). The second-order valence-corrected chi connectivity index (χ2v) is 8.36. The van der Waals surface area contributed by atoms with Gasteiger partial charge in [0.1, 0.15) is 0 Å². The van der Waals surface area contributed by atoms with Crippen molar-refractivity contribution in [2.45, 2.75) is 24.3 Å². The maximum atomic E-state index is 11.9. The number of rotatable bonds is 6. The molecule has 0 spiro atoms. The number of hydrogen-bond acceptors (Lipinski definition) is 3. The molecule has 0 radical (unpaired) electrons. The summed E-state index contributed by atoms with van der Waals surface area (Å²) in [6, 6.07) is 22.3. The maximum Gasteiger partial charge on any atom is 0.354 e. The number of fused-ring (bicyclic) bond motifs is 3. The highest BCUT2D eigenvalue weighted by atomic mass is 32.2. The highest BCUT2D eigenvalue weighted by Gasteiger charge is 2.16.